The first kappa shape index (κ1) is 19.7. The predicted octanol–water partition coefficient (Wildman–Crippen LogP) is 1.34. The molecule has 1 aliphatic rings. The highest BCUT2D eigenvalue weighted by Crippen LogP contribution is 2.24. The van der Waals surface area contributed by atoms with Crippen molar-refractivity contribution in [3.05, 3.63) is 46.4 Å². The molecule has 1 aromatic carbocycles. The van der Waals surface area contributed by atoms with Gasteiger partial charge >= 0.3 is 0 Å². The van der Waals surface area contributed by atoms with E-state index in [4.69, 9.17) is 0 Å². The molecule has 11 nitrogen and oxygen atoms in total. The van der Waals surface area contributed by atoms with Crippen molar-refractivity contribution in [2.45, 2.75) is 6.92 Å². The second kappa shape index (κ2) is 8.03. The number of nitrogens with zero attached hydrogens (tertiary/aromatic N) is 7. The second-order valence-corrected chi connectivity index (χ2v) is 7.27. The largest absolute Gasteiger partial charge is 0.353 e. The molecule has 1 aliphatic heterocycles. The van der Waals surface area contributed by atoms with E-state index >= 15 is 0 Å². The summed E-state index contributed by atoms with van der Waals surface area (Å²) in [6, 6.07) is 4.45. The van der Waals surface area contributed by atoms with Gasteiger partial charge in [-0.2, -0.15) is 5.10 Å². The summed E-state index contributed by atoms with van der Waals surface area (Å²) in [5, 5.41) is 18.9. The normalized spacial score (nSPS) is 14.8. The minimum Gasteiger partial charge on any atom is -0.353 e. The summed E-state index contributed by atoms with van der Waals surface area (Å²) in [5.41, 5.74) is 1.99. The van der Waals surface area contributed by atoms with Crippen LogP contribution in [0.4, 0.5) is 17.2 Å². The zero-order chi connectivity index (χ0) is 21.3. The van der Waals surface area contributed by atoms with Gasteiger partial charge in [0.25, 0.3) is 5.69 Å². The smallest absolute Gasteiger partial charge is 0.271 e. The first-order chi connectivity index (χ1) is 14.4. The lowest BCUT2D eigenvalue weighted by molar-refractivity contribution is -0.384. The van der Waals surface area contributed by atoms with E-state index in [-0.39, 0.29) is 18.1 Å². The Morgan fingerprint density at radius 3 is 2.73 bits per heavy atom. The molecule has 1 amide bonds. The summed E-state index contributed by atoms with van der Waals surface area (Å²) >= 11 is 0. The molecule has 0 bridgehead atoms. The third kappa shape index (κ3) is 3.92. The molecule has 0 aliphatic carbocycles. The molecular formula is C19H22N8O3. The average Bonchev–Trinajstić information content (AvgIpc) is 3.11. The molecule has 1 fully saturated rings. The first-order valence-electron chi connectivity index (χ1n) is 9.57. The second-order valence-electron chi connectivity index (χ2n) is 7.27. The number of amides is 1. The highest BCUT2D eigenvalue weighted by Gasteiger charge is 2.22. The number of hydrogen-bond acceptors (Lipinski definition) is 8. The van der Waals surface area contributed by atoms with Gasteiger partial charge in [0.05, 0.1) is 28.7 Å². The molecule has 1 N–H and O–H groups in total. The van der Waals surface area contributed by atoms with E-state index in [0.717, 1.165) is 35.5 Å². The standard InChI is InChI=1S/C19H22N8O3/c1-13-3-4-14(27(29)30)9-16(13)23-17(28)11-25-5-7-26(8-6-25)19-15-10-22-24(2)18(15)20-12-21-19/h3-4,9-10,12H,5-8,11H2,1-2H3,(H,23,28). The van der Waals surface area contributed by atoms with E-state index in [2.05, 4.69) is 30.2 Å². The molecule has 0 unspecified atom stereocenters. The van der Waals surface area contributed by atoms with Crippen molar-refractivity contribution in [3.63, 3.8) is 0 Å². The zero-order valence-electron chi connectivity index (χ0n) is 16.8. The number of non-ortho nitro benzene ring substituents is 1. The quantitative estimate of drug-likeness (QED) is 0.494. The summed E-state index contributed by atoms with van der Waals surface area (Å²) in [5.74, 6) is 0.660. The van der Waals surface area contributed by atoms with Crippen molar-refractivity contribution in [2.75, 3.05) is 42.9 Å². The van der Waals surface area contributed by atoms with E-state index in [1.54, 1.807) is 30.2 Å². The number of aryl methyl sites for hydroxylation is 2. The van der Waals surface area contributed by atoms with E-state index in [0.29, 0.717) is 18.8 Å². The van der Waals surface area contributed by atoms with Gasteiger partial charge in [0, 0.05) is 45.4 Å². The molecule has 0 saturated carbocycles. The van der Waals surface area contributed by atoms with Crippen LogP contribution in [0.5, 0.6) is 0 Å². The maximum absolute atomic E-state index is 12.5. The Hall–Kier alpha value is -3.60. The summed E-state index contributed by atoms with van der Waals surface area (Å²) < 4.78 is 1.72. The third-order valence-electron chi connectivity index (χ3n) is 5.25. The molecule has 2 aromatic heterocycles. The Labute approximate surface area is 172 Å². The fourth-order valence-corrected chi connectivity index (χ4v) is 3.57. The van der Waals surface area contributed by atoms with Gasteiger partial charge in [0.15, 0.2) is 5.65 Å². The van der Waals surface area contributed by atoms with Crippen molar-refractivity contribution in [2.24, 2.45) is 7.05 Å². The molecule has 30 heavy (non-hydrogen) atoms. The van der Waals surface area contributed by atoms with Crippen molar-refractivity contribution >= 4 is 34.1 Å². The van der Waals surface area contributed by atoms with Crippen LogP contribution in [0.25, 0.3) is 11.0 Å². The van der Waals surface area contributed by atoms with Crippen LogP contribution in [-0.4, -0.2) is 68.2 Å². The fraction of sp³-hybridized carbons (Fsp3) is 0.368. The number of aromatic nitrogens is 4. The van der Waals surface area contributed by atoms with Crippen LogP contribution < -0.4 is 10.2 Å². The first-order valence-corrected chi connectivity index (χ1v) is 9.57. The van der Waals surface area contributed by atoms with Gasteiger partial charge in [-0.1, -0.05) is 6.07 Å². The Morgan fingerprint density at radius 1 is 1.23 bits per heavy atom. The van der Waals surface area contributed by atoms with Gasteiger partial charge in [-0.3, -0.25) is 24.5 Å². The number of benzene rings is 1. The van der Waals surface area contributed by atoms with Crippen molar-refractivity contribution in [1.82, 2.24) is 24.6 Å². The van der Waals surface area contributed by atoms with Gasteiger partial charge in [-0.05, 0) is 12.5 Å². The number of carbonyl (C=O) groups is 1. The number of nitrogens with one attached hydrogen (secondary N) is 1. The molecule has 156 valence electrons. The van der Waals surface area contributed by atoms with E-state index < -0.39 is 4.92 Å². The molecule has 3 heterocycles. The maximum atomic E-state index is 12.5. The number of fused-ring (bicyclic) bond motifs is 1. The lowest BCUT2D eigenvalue weighted by Gasteiger charge is -2.35. The highest BCUT2D eigenvalue weighted by molar-refractivity contribution is 5.93. The number of hydrogen-bond donors (Lipinski definition) is 1. The van der Waals surface area contributed by atoms with Crippen LogP contribution in [0.3, 0.4) is 0 Å². The maximum Gasteiger partial charge on any atom is 0.271 e. The van der Waals surface area contributed by atoms with Crippen molar-refractivity contribution in [3.8, 4) is 0 Å². The summed E-state index contributed by atoms with van der Waals surface area (Å²) in [7, 11) is 1.85. The number of nitro groups is 1. The lowest BCUT2D eigenvalue weighted by Crippen LogP contribution is -2.49. The molecule has 4 rings (SSSR count). The Kier molecular flexibility index (Phi) is 5.27. The van der Waals surface area contributed by atoms with Gasteiger partial charge < -0.3 is 10.2 Å². The molecule has 0 radical (unpaired) electrons. The van der Waals surface area contributed by atoms with Crippen molar-refractivity contribution < 1.29 is 9.72 Å². The van der Waals surface area contributed by atoms with Crippen LogP contribution in [0.2, 0.25) is 0 Å². The number of piperazine rings is 1. The number of nitro benzene ring substituents is 1. The highest BCUT2D eigenvalue weighted by atomic mass is 16.6. The molecule has 11 heteroatoms. The number of carbonyl (C=O) groups excluding carboxylic acids is 1. The minimum absolute atomic E-state index is 0.0453. The van der Waals surface area contributed by atoms with Gasteiger partial charge in [-0.15, -0.1) is 0 Å². The zero-order valence-corrected chi connectivity index (χ0v) is 16.8. The van der Waals surface area contributed by atoms with E-state index in [9.17, 15) is 14.9 Å². The minimum atomic E-state index is -0.472. The van der Waals surface area contributed by atoms with Gasteiger partial charge in [0.2, 0.25) is 5.91 Å². The SMILES string of the molecule is Cc1ccc([N+](=O)[O-])cc1NC(=O)CN1CCN(c2ncnc3c2cnn3C)CC1. The van der Waals surface area contributed by atoms with Crippen LogP contribution in [-0.2, 0) is 11.8 Å². The molecule has 0 spiro atoms. The van der Waals surface area contributed by atoms with Crippen LogP contribution in [0.15, 0.2) is 30.7 Å². The molecular weight excluding hydrogens is 388 g/mol. The predicted molar refractivity (Wildman–Crippen MR) is 111 cm³/mol. The van der Waals surface area contributed by atoms with Crippen molar-refractivity contribution in [1.29, 1.82) is 0 Å². The Bertz CT molecular complexity index is 1100. The summed E-state index contributed by atoms with van der Waals surface area (Å²) in [4.78, 5) is 35.9. The summed E-state index contributed by atoms with van der Waals surface area (Å²) in [6.07, 6.45) is 3.31. The molecule has 1 saturated heterocycles. The Balaban J connectivity index is 1.36. The molecule has 3 aromatic rings. The van der Waals surface area contributed by atoms with Crippen LogP contribution >= 0.6 is 0 Å². The topological polar surface area (TPSA) is 122 Å². The van der Waals surface area contributed by atoms with Crippen LogP contribution in [0, 0.1) is 17.0 Å². The summed E-state index contributed by atoms with van der Waals surface area (Å²) in [6.45, 7) is 4.88. The number of anilines is 2. The fourth-order valence-electron chi connectivity index (χ4n) is 3.57. The molecule has 0 atom stereocenters. The van der Waals surface area contributed by atoms with E-state index in [1.807, 2.05) is 7.05 Å². The van der Waals surface area contributed by atoms with E-state index in [1.165, 1.54) is 12.1 Å². The van der Waals surface area contributed by atoms with Crippen LogP contribution in [0.1, 0.15) is 5.56 Å². The van der Waals surface area contributed by atoms with Gasteiger partial charge in [0.1, 0.15) is 12.1 Å². The average molecular weight is 410 g/mol. The number of rotatable bonds is 5. The van der Waals surface area contributed by atoms with Gasteiger partial charge in [-0.25, -0.2) is 9.97 Å². The lowest BCUT2D eigenvalue weighted by atomic mass is 10.2. The monoisotopic (exact) mass is 410 g/mol. The Morgan fingerprint density at radius 2 is 2.00 bits per heavy atom. The third-order valence-corrected chi connectivity index (χ3v) is 5.25.